The molecule has 8 heteroatoms. The molecular weight excluding hydrogens is 482 g/mol. The SMILES string of the molecule is C=CCC(C)(C(=O)OC)c1ccc(Cl)c(Cl)c1.COC(=O)C(C)c1ccc(Cl)c(Cl)c1. The van der Waals surface area contributed by atoms with Gasteiger partial charge in [0.05, 0.1) is 45.6 Å². The second-order valence-electron chi connectivity index (χ2n) is 6.86. The molecule has 0 spiro atoms. The van der Waals surface area contributed by atoms with E-state index >= 15 is 0 Å². The van der Waals surface area contributed by atoms with Crippen LogP contribution in [0.5, 0.6) is 0 Å². The van der Waals surface area contributed by atoms with Gasteiger partial charge in [0.25, 0.3) is 0 Å². The minimum atomic E-state index is -0.787. The molecule has 0 saturated carbocycles. The van der Waals surface area contributed by atoms with Crippen LogP contribution < -0.4 is 0 Å². The zero-order valence-corrected chi connectivity index (χ0v) is 20.7. The molecule has 0 bridgehead atoms. The van der Waals surface area contributed by atoms with Gasteiger partial charge in [-0.1, -0.05) is 64.6 Å². The Balaban J connectivity index is 0.000000316. The number of benzene rings is 2. The van der Waals surface area contributed by atoms with Gasteiger partial charge in [-0.25, -0.2) is 0 Å². The molecule has 4 nitrogen and oxygen atoms in total. The molecule has 0 heterocycles. The van der Waals surface area contributed by atoms with Crippen molar-refractivity contribution in [1.82, 2.24) is 0 Å². The summed E-state index contributed by atoms with van der Waals surface area (Å²) in [4.78, 5) is 23.1. The van der Waals surface area contributed by atoms with Gasteiger partial charge in [0.2, 0.25) is 0 Å². The first-order chi connectivity index (χ1) is 14.5. The maximum atomic E-state index is 11.9. The molecule has 0 aromatic heterocycles. The van der Waals surface area contributed by atoms with Gasteiger partial charge in [-0.15, -0.1) is 6.58 Å². The van der Waals surface area contributed by atoms with E-state index < -0.39 is 5.41 Å². The summed E-state index contributed by atoms with van der Waals surface area (Å²) in [6.07, 6.45) is 2.15. The standard InChI is InChI=1S/C13H14Cl2O2.C10H10Cl2O2/c1-4-7-13(2,12(16)17-3)9-5-6-10(14)11(15)8-9;1-6(10(13)14-2)7-3-4-8(11)9(12)5-7/h4-6,8H,1,7H2,2-3H3;3-6H,1-2H3. The molecule has 168 valence electrons. The smallest absolute Gasteiger partial charge is 0.316 e. The zero-order chi connectivity index (χ0) is 23.8. The molecule has 0 saturated heterocycles. The number of carbonyl (C=O) groups is 2. The van der Waals surface area contributed by atoms with Crippen molar-refractivity contribution < 1.29 is 19.1 Å². The third-order valence-corrected chi connectivity index (χ3v) is 6.22. The van der Waals surface area contributed by atoms with Crippen LogP contribution in [0.2, 0.25) is 20.1 Å². The lowest BCUT2D eigenvalue weighted by molar-refractivity contribution is -0.147. The molecule has 2 aromatic rings. The maximum Gasteiger partial charge on any atom is 0.316 e. The van der Waals surface area contributed by atoms with Crippen LogP contribution in [0.25, 0.3) is 0 Å². The quantitative estimate of drug-likeness (QED) is 0.306. The summed E-state index contributed by atoms with van der Waals surface area (Å²) in [5.41, 5.74) is 0.773. The van der Waals surface area contributed by atoms with Crippen molar-refractivity contribution in [2.75, 3.05) is 14.2 Å². The van der Waals surface area contributed by atoms with E-state index in [2.05, 4.69) is 11.3 Å². The predicted molar refractivity (Wildman–Crippen MR) is 128 cm³/mol. The summed E-state index contributed by atoms with van der Waals surface area (Å²) in [6, 6.07) is 10.2. The van der Waals surface area contributed by atoms with Crippen LogP contribution in [0.4, 0.5) is 0 Å². The van der Waals surface area contributed by atoms with E-state index in [-0.39, 0.29) is 17.9 Å². The minimum Gasteiger partial charge on any atom is -0.469 e. The first-order valence-corrected chi connectivity index (χ1v) is 10.7. The number of methoxy groups -OCH3 is 2. The Hall–Kier alpha value is -1.72. The Labute approximate surface area is 203 Å². The molecule has 31 heavy (non-hydrogen) atoms. The summed E-state index contributed by atoms with van der Waals surface area (Å²) in [6.45, 7) is 7.21. The number of ether oxygens (including phenoxy) is 2. The number of halogens is 4. The van der Waals surface area contributed by atoms with Crippen LogP contribution in [0.15, 0.2) is 49.1 Å². The fourth-order valence-corrected chi connectivity index (χ4v) is 3.37. The van der Waals surface area contributed by atoms with Gasteiger partial charge in [-0.2, -0.15) is 0 Å². The van der Waals surface area contributed by atoms with E-state index in [0.717, 1.165) is 11.1 Å². The third kappa shape index (κ3) is 7.15. The van der Waals surface area contributed by atoms with Crippen molar-refractivity contribution in [2.24, 2.45) is 0 Å². The molecule has 2 atom stereocenters. The van der Waals surface area contributed by atoms with Crippen LogP contribution in [0, 0.1) is 0 Å². The maximum absolute atomic E-state index is 11.9. The van der Waals surface area contributed by atoms with Crippen molar-refractivity contribution in [3.8, 4) is 0 Å². The first kappa shape index (κ1) is 27.3. The second kappa shape index (κ2) is 12.4. The van der Waals surface area contributed by atoms with Gasteiger partial charge >= 0.3 is 11.9 Å². The number of hydrogen-bond acceptors (Lipinski definition) is 4. The number of hydrogen-bond donors (Lipinski definition) is 0. The first-order valence-electron chi connectivity index (χ1n) is 9.19. The fraction of sp³-hybridized carbons (Fsp3) is 0.304. The van der Waals surface area contributed by atoms with Crippen LogP contribution in [-0.2, 0) is 24.5 Å². The number of allylic oxidation sites excluding steroid dienone is 1. The van der Waals surface area contributed by atoms with Crippen LogP contribution in [0.3, 0.4) is 0 Å². The highest BCUT2D eigenvalue weighted by molar-refractivity contribution is 6.42. The molecule has 2 aromatic carbocycles. The number of esters is 2. The van der Waals surface area contributed by atoms with Gasteiger partial charge < -0.3 is 9.47 Å². The third-order valence-electron chi connectivity index (χ3n) is 4.74. The highest BCUT2D eigenvalue weighted by atomic mass is 35.5. The van der Waals surface area contributed by atoms with E-state index in [1.807, 2.05) is 0 Å². The van der Waals surface area contributed by atoms with Crippen molar-refractivity contribution in [1.29, 1.82) is 0 Å². The van der Waals surface area contributed by atoms with E-state index in [4.69, 9.17) is 51.1 Å². The lowest BCUT2D eigenvalue weighted by Crippen LogP contribution is -2.33. The van der Waals surface area contributed by atoms with E-state index in [9.17, 15) is 9.59 Å². The second-order valence-corrected chi connectivity index (χ2v) is 8.49. The molecule has 0 aliphatic heterocycles. The average Bonchev–Trinajstić information content (AvgIpc) is 2.76. The Morgan fingerprint density at radius 1 is 0.968 bits per heavy atom. The summed E-state index contributed by atoms with van der Waals surface area (Å²) < 4.78 is 9.45. The molecule has 0 radical (unpaired) electrons. The van der Waals surface area contributed by atoms with Gasteiger partial charge in [-0.3, -0.25) is 9.59 Å². The monoisotopic (exact) mass is 504 g/mol. The zero-order valence-electron chi connectivity index (χ0n) is 17.7. The summed E-state index contributed by atoms with van der Waals surface area (Å²) in [5, 5.41) is 1.80. The van der Waals surface area contributed by atoms with Crippen LogP contribution >= 0.6 is 46.4 Å². The van der Waals surface area contributed by atoms with Gasteiger partial charge in [0, 0.05) is 0 Å². The summed E-state index contributed by atoms with van der Waals surface area (Å²) in [5.74, 6) is -0.936. The van der Waals surface area contributed by atoms with E-state index in [1.165, 1.54) is 14.2 Å². The number of carbonyl (C=O) groups excluding carboxylic acids is 2. The van der Waals surface area contributed by atoms with E-state index in [0.29, 0.717) is 26.5 Å². The molecule has 0 aliphatic carbocycles. The topological polar surface area (TPSA) is 52.6 Å². The molecule has 0 amide bonds. The lowest BCUT2D eigenvalue weighted by atomic mass is 9.79. The Bertz CT molecular complexity index is 945. The molecule has 0 fully saturated rings. The van der Waals surface area contributed by atoms with Crippen molar-refractivity contribution in [3.05, 3.63) is 80.3 Å². The number of rotatable bonds is 6. The highest BCUT2D eigenvalue weighted by Gasteiger charge is 2.35. The Morgan fingerprint density at radius 2 is 1.52 bits per heavy atom. The van der Waals surface area contributed by atoms with Crippen molar-refractivity contribution in [2.45, 2.75) is 31.6 Å². The predicted octanol–water partition coefficient (Wildman–Crippen LogP) is 7.27. The summed E-state index contributed by atoms with van der Waals surface area (Å²) in [7, 11) is 2.72. The lowest BCUT2D eigenvalue weighted by Gasteiger charge is -2.26. The van der Waals surface area contributed by atoms with Crippen molar-refractivity contribution in [3.63, 3.8) is 0 Å². The molecule has 0 N–H and O–H groups in total. The summed E-state index contributed by atoms with van der Waals surface area (Å²) >= 11 is 23.4. The highest BCUT2D eigenvalue weighted by Crippen LogP contribution is 2.33. The van der Waals surface area contributed by atoms with Crippen LogP contribution in [0.1, 0.15) is 37.3 Å². The molecular formula is C23H24Cl4O4. The Kier molecular flexibility index (Phi) is 10.9. The largest absolute Gasteiger partial charge is 0.469 e. The average molecular weight is 506 g/mol. The molecule has 0 aliphatic rings. The Morgan fingerprint density at radius 3 is 1.97 bits per heavy atom. The van der Waals surface area contributed by atoms with E-state index in [1.54, 1.807) is 56.3 Å². The van der Waals surface area contributed by atoms with Gasteiger partial charge in [-0.05, 0) is 55.7 Å². The molecule has 2 rings (SSSR count). The molecule has 2 unspecified atom stereocenters. The fourth-order valence-electron chi connectivity index (χ4n) is 2.77. The minimum absolute atomic E-state index is 0.289. The van der Waals surface area contributed by atoms with Crippen molar-refractivity contribution >= 4 is 58.3 Å². The van der Waals surface area contributed by atoms with Gasteiger partial charge in [0.1, 0.15) is 0 Å². The normalized spacial score (nSPS) is 13.2. The van der Waals surface area contributed by atoms with Gasteiger partial charge in [0.15, 0.2) is 0 Å². The van der Waals surface area contributed by atoms with Crippen LogP contribution in [-0.4, -0.2) is 26.2 Å².